The number of nitrogens with zero attached hydrogens (tertiary/aromatic N) is 4. The number of amidine groups is 1. The minimum absolute atomic E-state index is 0.0295. The van der Waals surface area contributed by atoms with E-state index < -0.39 is 35.0 Å². The molecule has 0 spiro atoms. The molecule has 216 valence electrons. The third-order valence-corrected chi connectivity index (χ3v) is 7.13. The molecule has 1 fully saturated rings. The van der Waals surface area contributed by atoms with Gasteiger partial charge in [0.15, 0.2) is 5.82 Å². The van der Waals surface area contributed by atoms with E-state index in [1.54, 1.807) is 18.0 Å². The van der Waals surface area contributed by atoms with Gasteiger partial charge < -0.3 is 26.0 Å². The molecule has 1 amide bonds. The van der Waals surface area contributed by atoms with E-state index in [0.717, 1.165) is 6.07 Å². The maximum atomic E-state index is 16.2. The van der Waals surface area contributed by atoms with Crippen molar-refractivity contribution in [3.05, 3.63) is 51.8 Å². The molecule has 0 radical (unpaired) electrons. The first-order chi connectivity index (χ1) is 18.9. The molecule has 14 heteroatoms. The summed E-state index contributed by atoms with van der Waals surface area (Å²) in [6.45, 7) is 4.86. The van der Waals surface area contributed by atoms with Gasteiger partial charge in [-0.05, 0) is 38.6 Å². The number of nitrogens with one attached hydrogen (secondary N) is 2. The van der Waals surface area contributed by atoms with Gasteiger partial charge in [0.25, 0.3) is 6.02 Å². The van der Waals surface area contributed by atoms with E-state index in [1.165, 1.54) is 26.2 Å². The van der Waals surface area contributed by atoms with Crippen molar-refractivity contribution >= 4 is 35.0 Å². The number of likely N-dealkylation sites (N-methyl/N-ethyl adjacent to an activating group) is 1. The van der Waals surface area contributed by atoms with E-state index in [4.69, 9.17) is 22.1 Å². The van der Waals surface area contributed by atoms with Crippen LogP contribution in [0.2, 0.25) is 5.02 Å². The van der Waals surface area contributed by atoms with E-state index in [1.807, 2.05) is 11.8 Å². The van der Waals surface area contributed by atoms with Crippen molar-refractivity contribution in [3.8, 4) is 11.3 Å². The van der Waals surface area contributed by atoms with Crippen molar-refractivity contribution in [2.45, 2.75) is 32.2 Å². The van der Waals surface area contributed by atoms with Gasteiger partial charge in [0.2, 0.25) is 5.91 Å². The highest BCUT2D eigenvalue weighted by Gasteiger charge is 2.41. The number of aliphatic imine (C=N–C) groups is 1. The van der Waals surface area contributed by atoms with Crippen LogP contribution in [0.4, 0.5) is 29.1 Å². The van der Waals surface area contributed by atoms with Crippen molar-refractivity contribution in [1.82, 2.24) is 20.1 Å². The van der Waals surface area contributed by atoms with Gasteiger partial charge in [0.1, 0.15) is 12.0 Å². The number of nitrogens with two attached hydrogens (primary N) is 1. The number of fused-ring (bicyclic) bond motifs is 1. The van der Waals surface area contributed by atoms with Crippen LogP contribution in [0.15, 0.2) is 29.3 Å². The zero-order valence-electron chi connectivity index (χ0n) is 22.4. The Bertz CT molecular complexity index is 1370. The first-order valence-corrected chi connectivity index (χ1v) is 12.9. The van der Waals surface area contributed by atoms with Crippen molar-refractivity contribution in [1.29, 1.82) is 0 Å². The molecule has 2 aliphatic rings. The minimum atomic E-state index is -4.84. The first kappa shape index (κ1) is 29.6. The fourth-order valence-corrected chi connectivity index (χ4v) is 5.31. The van der Waals surface area contributed by atoms with Gasteiger partial charge in [-0.1, -0.05) is 17.7 Å². The summed E-state index contributed by atoms with van der Waals surface area (Å²) in [6.07, 6.45) is -2.37. The van der Waals surface area contributed by atoms with Crippen LogP contribution in [0.3, 0.4) is 0 Å². The standard InChI is InChI=1S/C26H30ClF4N7O2/c1-13-10-17(32)34-23(20(13)26(29,30)31)19-16(27)11-15-22(21(19)28)35-25(40-4)36-24(15)38-9-8-37(12-14(38)2)18(39)6-5-7-33-3/h5-6,10-11,14,24,33H,7-9,12H2,1-4H3,(H2,32,34)(H,35,36)/b6-5+. The number of anilines is 2. The smallest absolute Gasteiger partial charge is 0.418 e. The summed E-state index contributed by atoms with van der Waals surface area (Å²) in [4.78, 5) is 24.6. The Hall–Kier alpha value is -3.42. The number of amides is 1. The fourth-order valence-electron chi connectivity index (χ4n) is 5.02. The summed E-state index contributed by atoms with van der Waals surface area (Å²) in [5, 5.41) is 5.39. The third-order valence-electron chi connectivity index (χ3n) is 6.84. The van der Waals surface area contributed by atoms with Crippen LogP contribution in [-0.4, -0.2) is 73.1 Å². The largest absolute Gasteiger partial charge is 0.468 e. The highest BCUT2D eigenvalue weighted by atomic mass is 35.5. The number of ether oxygens (including phenoxy) is 1. The Morgan fingerprint density at radius 2 is 2.08 bits per heavy atom. The predicted molar refractivity (Wildman–Crippen MR) is 145 cm³/mol. The summed E-state index contributed by atoms with van der Waals surface area (Å²) in [6, 6.07) is 2.22. The Morgan fingerprint density at radius 3 is 2.70 bits per heavy atom. The van der Waals surface area contributed by atoms with Gasteiger partial charge in [-0.25, -0.2) is 14.4 Å². The van der Waals surface area contributed by atoms with Crippen LogP contribution in [0.5, 0.6) is 0 Å². The molecule has 0 saturated carbocycles. The van der Waals surface area contributed by atoms with Gasteiger partial charge in [-0.15, -0.1) is 0 Å². The molecule has 3 heterocycles. The number of carbonyl (C=O) groups is 1. The quantitative estimate of drug-likeness (QED) is 0.358. The average molecular weight is 584 g/mol. The number of rotatable bonds is 5. The van der Waals surface area contributed by atoms with Crippen LogP contribution in [0.25, 0.3) is 11.3 Å². The number of halogens is 5. The van der Waals surface area contributed by atoms with Gasteiger partial charge in [0, 0.05) is 43.9 Å². The molecule has 4 rings (SSSR count). The van der Waals surface area contributed by atoms with E-state index in [9.17, 15) is 18.0 Å². The number of hydrogen-bond acceptors (Lipinski definition) is 8. The highest BCUT2D eigenvalue weighted by Crippen LogP contribution is 2.47. The molecule has 40 heavy (non-hydrogen) atoms. The molecule has 2 atom stereocenters. The summed E-state index contributed by atoms with van der Waals surface area (Å²) < 4.78 is 63.6. The second-order valence-electron chi connectivity index (χ2n) is 9.57. The Balaban J connectivity index is 1.76. The Labute approximate surface area is 234 Å². The van der Waals surface area contributed by atoms with Crippen molar-refractivity contribution in [2.24, 2.45) is 4.99 Å². The second-order valence-corrected chi connectivity index (χ2v) is 9.97. The number of hydrogen-bond donors (Lipinski definition) is 3. The lowest BCUT2D eigenvalue weighted by Crippen LogP contribution is -2.54. The molecule has 2 unspecified atom stereocenters. The molecule has 2 aromatic rings. The van der Waals surface area contributed by atoms with Gasteiger partial charge in [-0.2, -0.15) is 13.2 Å². The van der Waals surface area contributed by atoms with Crippen LogP contribution >= 0.6 is 11.6 Å². The Morgan fingerprint density at radius 1 is 1.35 bits per heavy atom. The molecular weight excluding hydrogens is 554 g/mol. The predicted octanol–water partition coefficient (Wildman–Crippen LogP) is 4.19. The topological polar surface area (TPSA) is 108 Å². The number of alkyl halides is 3. The molecule has 1 aromatic carbocycles. The number of carbonyl (C=O) groups excluding carboxylic acids is 1. The Kier molecular flexibility index (Phi) is 8.57. The number of benzene rings is 1. The van der Waals surface area contributed by atoms with Crippen molar-refractivity contribution in [3.63, 3.8) is 0 Å². The summed E-state index contributed by atoms with van der Waals surface area (Å²) in [5.74, 6) is -1.38. The summed E-state index contributed by atoms with van der Waals surface area (Å²) >= 11 is 6.48. The second kappa shape index (κ2) is 11.6. The fraction of sp³-hybridized carbons (Fsp3) is 0.423. The monoisotopic (exact) mass is 583 g/mol. The number of piperazine rings is 1. The van der Waals surface area contributed by atoms with E-state index >= 15 is 4.39 Å². The molecular formula is C26H30ClF4N7O2. The molecule has 4 N–H and O–H groups in total. The molecule has 0 bridgehead atoms. The van der Waals surface area contributed by atoms with Gasteiger partial charge >= 0.3 is 6.18 Å². The maximum absolute atomic E-state index is 16.2. The number of pyridine rings is 1. The summed E-state index contributed by atoms with van der Waals surface area (Å²) in [5.41, 5.74) is 3.34. The van der Waals surface area contributed by atoms with Crippen LogP contribution in [0, 0.1) is 12.7 Å². The molecule has 1 saturated heterocycles. The van der Waals surface area contributed by atoms with Crippen molar-refractivity contribution < 1.29 is 27.1 Å². The molecule has 2 aliphatic heterocycles. The van der Waals surface area contributed by atoms with Gasteiger partial charge in [0.05, 0.1) is 34.6 Å². The lowest BCUT2D eigenvalue weighted by Gasteiger charge is -2.43. The normalized spacial score (nSPS) is 19.8. The summed E-state index contributed by atoms with van der Waals surface area (Å²) in [7, 11) is 3.12. The van der Waals surface area contributed by atoms with E-state index in [-0.39, 0.29) is 40.1 Å². The van der Waals surface area contributed by atoms with Crippen LogP contribution < -0.4 is 16.4 Å². The average Bonchev–Trinajstić information content (AvgIpc) is 2.87. The number of aromatic nitrogens is 1. The number of aryl methyl sites for hydroxylation is 1. The molecule has 9 nitrogen and oxygen atoms in total. The molecule has 1 aromatic heterocycles. The van der Waals surface area contributed by atoms with Crippen LogP contribution in [-0.2, 0) is 15.7 Å². The third kappa shape index (κ3) is 5.72. The lowest BCUT2D eigenvalue weighted by molar-refractivity contribution is -0.137. The van der Waals surface area contributed by atoms with Gasteiger partial charge in [-0.3, -0.25) is 9.69 Å². The van der Waals surface area contributed by atoms with E-state index in [0.29, 0.717) is 31.7 Å². The molecule has 0 aliphatic carbocycles. The highest BCUT2D eigenvalue weighted by molar-refractivity contribution is 6.33. The maximum Gasteiger partial charge on any atom is 0.418 e. The SMILES string of the molecule is CNC/C=C/C(=O)N1CCN(C2N=C(OC)Nc3c2cc(Cl)c(-c2nc(N)cc(C)c2C(F)(F)F)c3F)C(C)C1. The first-order valence-electron chi connectivity index (χ1n) is 12.5. The minimum Gasteiger partial charge on any atom is -0.468 e. The van der Waals surface area contributed by atoms with Crippen molar-refractivity contribution in [2.75, 3.05) is 51.4 Å². The van der Waals surface area contributed by atoms with E-state index in [2.05, 4.69) is 20.6 Å². The zero-order valence-corrected chi connectivity index (χ0v) is 23.1. The lowest BCUT2D eigenvalue weighted by atomic mass is 9.96. The van der Waals surface area contributed by atoms with Crippen LogP contribution in [0.1, 0.15) is 29.8 Å². The zero-order chi connectivity index (χ0) is 29.4. The number of methoxy groups -OCH3 is 1. The number of nitrogen functional groups attached to an aromatic ring is 1.